The molecule has 0 atom stereocenters. The van der Waals surface area contributed by atoms with Crippen LogP contribution in [0, 0.1) is 0 Å². The minimum atomic E-state index is -0.348. The highest BCUT2D eigenvalue weighted by atomic mass is 32.2. The molecule has 0 aliphatic carbocycles. The zero-order valence-corrected chi connectivity index (χ0v) is 17.1. The highest BCUT2D eigenvalue weighted by Crippen LogP contribution is 2.31. The molecule has 0 aliphatic heterocycles. The van der Waals surface area contributed by atoms with Crippen LogP contribution in [-0.2, 0) is 5.75 Å². The summed E-state index contributed by atoms with van der Waals surface area (Å²) in [6.07, 6.45) is 5.19. The van der Waals surface area contributed by atoms with Crippen molar-refractivity contribution in [2.24, 2.45) is 0 Å². The Labute approximate surface area is 182 Å². The molecule has 0 fully saturated rings. The molecule has 0 bridgehead atoms. The van der Waals surface area contributed by atoms with Crippen molar-refractivity contribution in [2.45, 2.75) is 10.9 Å². The number of hydrogen-bond donors (Lipinski definition) is 1. The van der Waals surface area contributed by atoms with Gasteiger partial charge >= 0.3 is 0 Å². The molecule has 3 aromatic heterocycles. The molecule has 2 aromatic carbocycles. The van der Waals surface area contributed by atoms with Crippen molar-refractivity contribution in [3.05, 3.63) is 96.6 Å². The number of carbonyl (C=O) groups excluding carboxylic acids is 1. The first-order valence-corrected chi connectivity index (χ1v) is 10.6. The summed E-state index contributed by atoms with van der Waals surface area (Å²) in [5, 5.41) is 8.82. The molecular formula is C23H17N5O2S. The van der Waals surface area contributed by atoms with E-state index in [1.807, 2.05) is 54.6 Å². The first-order chi connectivity index (χ1) is 15.3. The summed E-state index contributed by atoms with van der Waals surface area (Å²) < 4.78 is 7.62. The molecule has 0 saturated heterocycles. The Morgan fingerprint density at radius 3 is 2.58 bits per heavy atom. The van der Waals surface area contributed by atoms with Crippen LogP contribution in [0.4, 0.5) is 5.82 Å². The fourth-order valence-electron chi connectivity index (χ4n) is 3.21. The summed E-state index contributed by atoms with van der Waals surface area (Å²) in [4.78, 5) is 21.5. The SMILES string of the molecule is O=C(Nc1ccn(-c2ccccc2)n1)c1oc2ccccc2c1CSc1ncccn1. The Bertz CT molecular complexity index is 1330. The number of anilines is 1. The number of para-hydroxylation sites is 2. The fraction of sp³-hybridized carbons (Fsp3) is 0.0435. The lowest BCUT2D eigenvalue weighted by atomic mass is 10.1. The average molecular weight is 427 g/mol. The van der Waals surface area contributed by atoms with Gasteiger partial charge in [-0.1, -0.05) is 48.2 Å². The Morgan fingerprint density at radius 1 is 0.968 bits per heavy atom. The Balaban J connectivity index is 1.41. The van der Waals surface area contributed by atoms with E-state index >= 15 is 0 Å². The third-order valence-corrected chi connectivity index (χ3v) is 5.55. The summed E-state index contributed by atoms with van der Waals surface area (Å²) in [5.41, 5.74) is 2.37. The van der Waals surface area contributed by atoms with E-state index in [0.29, 0.717) is 22.3 Å². The van der Waals surface area contributed by atoms with Crippen LogP contribution in [0.1, 0.15) is 16.1 Å². The van der Waals surface area contributed by atoms with Gasteiger partial charge in [0.15, 0.2) is 16.7 Å². The lowest BCUT2D eigenvalue weighted by molar-refractivity contribution is 0.0997. The number of nitrogens with one attached hydrogen (secondary N) is 1. The van der Waals surface area contributed by atoms with Gasteiger partial charge in [0.1, 0.15) is 5.58 Å². The Morgan fingerprint density at radius 2 is 1.74 bits per heavy atom. The van der Waals surface area contributed by atoms with Gasteiger partial charge in [0.2, 0.25) is 0 Å². The Kier molecular flexibility index (Phi) is 5.20. The normalized spacial score (nSPS) is 11.0. The molecule has 8 heteroatoms. The lowest BCUT2D eigenvalue weighted by Crippen LogP contribution is -2.13. The number of hydrogen-bond acceptors (Lipinski definition) is 6. The van der Waals surface area contributed by atoms with Gasteiger partial charge in [-0.3, -0.25) is 4.79 Å². The number of fused-ring (bicyclic) bond motifs is 1. The van der Waals surface area contributed by atoms with Crippen LogP contribution in [-0.4, -0.2) is 25.7 Å². The van der Waals surface area contributed by atoms with E-state index in [-0.39, 0.29) is 11.7 Å². The standard InChI is InChI=1S/C23H17N5O2S/c29-22(26-20-11-14-28(27-20)16-7-2-1-3-8-16)21-18(15-31-23-24-12-6-13-25-23)17-9-4-5-10-19(17)30-21/h1-14H,15H2,(H,26,27,29). The van der Waals surface area contributed by atoms with E-state index in [1.54, 1.807) is 35.4 Å². The molecule has 0 aliphatic rings. The van der Waals surface area contributed by atoms with Gasteiger partial charge in [0, 0.05) is 41.4 Å². The highest BCUT2D eigenvalue weighted by Gasteiger charge is 2.21. The van der Waals surface area contributed by atoms with Gasteiger partial charge in [-0.05, 0) is 24.3 Å². The Hall–Kier alpha value is -3.91. The number of nitrogens with zero attached hydrogens (tertiary/aromatic N) is 4. The predicted octanol–water partition coefficient (Wildman–Crippen LogP) is 4.95. The van der Waals surface area contributed by atoms with Gasteiger partial charge < -0.3 is 9.73 Å². The lowest BCUT2D eigenvalue weighted by Gasteiger charge is -2.04. The molecule has 5 aromatic rings. The van der Waals surface area contributed by atoms with Gasteiger partial charge in [-0.2, -0.15) is 5.10 Å². The summed E-state index contributed by atoms with van der Waals surface area (Å²) in [6.45, 7) is 0. The highest BCUT2D eigenvalue weighted by molar-refractivity contribution is 7.98. The maximum Gasteiger partial charge on any atom is 0.292 e. The van der Waals surface area contributed by atoms with E-state index in [1.165, 1.54) is 11.8 Å². The zero-order valence-electron chi connectivity index (χ0n) is 16.3. The van der Waals surface area contributed by atoms with E-state index < -0.39 is 0 Å². The van der Waals surface area contributed by atoms with E-state index in [2.05, 4.69) is 20.4 Å². The summed E-state index contributed by atoms with van der Waals surface area (Å²) in [5.74, 6) is 0.861. The summed E-state index contributed by atoms with van der Waals surface area (Å²) in [6, 6.07) is 20.8. The van der Waals surface area contributed by atoms with Crippen molar-refractivity contribution in [3.8, 4) is 5.69 Å². The molecule has 0 unspecified atom stereocenters. The second kappa shape index (κ2) is 8.45. The van der Waals surface area contributed by atoms with Crippen LogP contribution >= 0.6 is 11.8 Å². The van der Waals surface area contributed by atoms with Crippen molar-refractivity contribution in [1.82, 2.24) is 19.7 Å². The second-order valence-corrected chi connectivity index (χ2v) is 7.60. The van der Waals surface area contributed by atoms with Gasteiger partial charge in [0.05, 0.1) is 5.69 Å². The van der Waals surface area contributed by atoms with Crippen molar-refractivity contribution in [1.29, 1.82) is 0 Å². The zero-order chi connectivity index (χ0) is 21.0. The van der Waals surface area contributed by atoms with Gasteiger partial charge in [-0.25, -0.2) is 14.6 Å². The van der Waals surface area contributed by atoms with Crippen LogP contribution in [0.3, 0.4) is 0 Å². The van der Waals surface area contributed by atoms with Gasteiger partial charge in [-0.15, -0.1) is 0 Å². The first-order valence-electron chi connectivity index (χ1n) is 9.60. The van der Waals surface area contributed by atoms with Crippen LogP contribution in [0.2, 0.25) is 0 Å². The second-order valence-electron chi connectivity index (χ2n) is 6.66. The molecule has 3 heterocycles. The molecule has 31 heavy (non-hydrogen) atoms. The number of amides is 1. The van der Waals surface area contributed by atoms with Crippen LogP contribution < -0.4 is 5.32 Å². The summed E-state index contributed by atoms with van der Waals surface area (Å²) >= 11 is 1.45. The van der Waals surface area contributed by atoms with E-state index in [9.17, 15) is 4.79 Å². The number of thioether (sulfide) groups is 1. The largest absolute Gasteiger partial charge is 0.451 e. The number of furan rings is 1. The average Bonchev–Trinajstić information content (AvgIpc) is 3.44. The first kappa shape index (κ1) is 19.1. The fourth-order valence-corrected chi connectivity index (χ4v) is 4.04. The van der Waals surface area contributed by atoms with Crippen LogP contribution in [0.25, 0.3) is 16.7 Å². The van der Waals surface area contributed by atoms with Crippen LogP contribution in [0.5, 0.6) is 0 Å². The maximum atomic E-state index is 13.1. The van der Waals surface area contributed by atoms with Crippen molar-refractivity contribution in [2.75, 3.05) is 5.32 Å². The van der Waals surface area contributed by atoms with E-state index in [4.69, 9.17) is 4.42 Å². The summed E-state index contributed by atoms with van der Waals surface area (Å²) in [7, 11) is 0. The monoisotopic (exact) mass is 427 g/mol. The number of rotatable bonds is 6. The molecule has 0 radical (unpaired) electrons. The molecule has 152 valence electrons. The van der Waals surface area contributed by atoms with Crippen LogP contribution in [0.15, 0.2) is 94.9 Å². The van der Waals surface area contributed by atoms with Crippen molar-refractivity contribution >= 4 is 34.5 Å². The van der Waals surface area contributed by atoms with Gasteiger partial charge in [0.25, 0.3) is 5.91 Å². The molecule has 0 spiro atoms. The smallest absolute Gasteiger partial charge is 0.292 e. The number of carbonyl (C=O) groups is 1. The maximum absolute atomic E-state index is 13.1. The third kappa shape index (κ3) is 4.06. The molecule has 5 rings (SSSR count). The van der Waals surface area contributed by atoms with Crippen molar-refractivity contribution in [3.63, 3.8) is 0 Å². The third-order valence-electron chi connectivity index (χ3n) is 4.64. The minimum absolute atomic E-state index is 0.263. The number of benzene rings is 2. The van der Waals surface area contributed by atoms with E-state index in [0.717, 1.165) is 16.6 Å². The van der Waals surface area contributed by atoms with Crippen molar-refractivity contribution < 1.29 is 9.21 Å². The molecule has 1 amide bonds. The molecule has 7 nitrogen and oxygen atoms in total. The molecule has 0 saturated carbocycles. The number of aromatic nitrogens is 4. The molecule has 1 N–H and O–H groups in total. The minimum Gasteiger partial charge on any atom is -0.451 e. The topological polar surface area (TPSA) is 85.8 Å². The quantitative estimate of drug-likeness (QED) is 0.305. The molecular weight excluding hydrogens is 410 g/mol. The predicted molar refractivity (Wildman–Crippen MR) is 119 cm³/mol.